The molecule has 0 aliphatic carbocycles. The molecule has 86 valence electrons. The Kier molecular flexibility index (Phi) is 6.33. The lowest BCUT2D eigenvalue weighted by Crippen LogP contribution is -2.43. The first kappa shape index (κ1) is 13.9. The summed E-state index contributed by atoms with van der Waals surface area (Å²) in [7, 11) is 0. The topological polar surface area (TPSA) is 43.7 Å². The molecule has 3 nitrogen and oxygen atoms in total. The Hall–Kier alpha value is -0.120. The first-order valence-corrected chi connectivity index (χ1v) is 5.45. The van der Waals surface area contributed by atoms with Gasteiger partial charge in [-0.2, -0.15) is 0 Å². The standard InChI is InChI=1S/C11H25NO2/c1-5-11(4,9-14)8-12(6-7-13)10(2)3/h10,13-14H,5-9H2,1-4H3. The van der Waals surface area contributed by atoms with Crippen LogP contribution in [0.5, 0.6) is 0 Å². The molecule has 14 heavy (non-hydrogen) atoms. The molecule has 0 saturated heterocycles. The maximum Gasteiger partial charge on any atom is 0.0558 e. The van der Waals surface area contributed by atoms with Gasteiger partial charge in [-0.1, -0.05) is 13.8 Å². The summed E-state index contributed by atoms with van der Waals surface area (Å²) in [5, 5.41) is 18.2. The van der Waals surface area contributed by atoms with E-state index in [9.17, 15) is 5.11 Å². The second-order valence-electron chi connectivity index (χ2n) is 4.61. The zero-order valence-electron chi connectivity index (χ0n) is 9.95. The van der Waals surface area contributed by atoms with Gasteiger partial charge in [-0.05, 0) is 20.3 Å². The van der Waals surface area contributed by atoms with Crippen molar-refractivity contribution in [3.05, 3.63) is 0 Å². The molecule has 0 heterocycles. The van der Waals surface area contributed by atoms with Crippen LogP contribution in [0.4, 0.5) is 0 Å². The Morgan fingerprint density at radius 2 is 1.86 bits per heavy atom. The van der Waals surface area contributed by atoms with Crippen molar-refractivity contribution in [2.24, 2.45) is 5.41 Å². The van der Waals surface area contributed by atoms with E-state index < -0.39 is 0 Å². The minimum Gasteiger partial charge on any atom is -0.396 e. The monoisotopic (exact) mass is 203 g/mol. The third-order valence-corrected chi connectivity index (χ3v) is 2.94. The molecule has 3 heteroatoms. The van der Waals surface area contributed by atoms with Gasteiger partial charge in [0.05, 0.1) is 6.61 Å². The van der Waals surface area contributed by atoms with Crippen LogP contribution in [0.2, 0.25) is 0 Å². The number of rotatable bonds is 7. The molecule has 0 aromatic carbocycles. The van der Waals surface area contributed by atoms with Crippen LogP contribution in [0.15, 0.2) is 0 Å². The summed E-state index contributed by atoms with van der Waals surface area (Å²) in [6, 6.07) is 0.416. The molecule has 1 atom stereocenters. The summed E-state index contributed by atoms with van der Waals surface area (Å²) < 4.78 is 0. The summed E-state index contributed by atoms with van der Waals surface area (Å²) in [5.41, 5.74) is -0.0422. The van der Waals surface area contributed by atoms with Crippen molar-refractivity contribution in [2.45, 2.75) is 40.2 Å². The van der Waals surface area contributed by atoms with E-state index in [1.54, 1.807) is 0 Å². The highest BCUT2D eigenvalue weighted by molar-refractivity contribution is 4.78. The largest absolute Gasteiger partial charge is 0.396 e. The fraction of sp³-hybridized carbons (Fsp3) is 1.00. The molecule has 0 fully saturated rings. The van der Waals surface area contributed by atoms with Crippen molar-refractivity contribution < 1.29 is 10.2 Å². The van der Waals surface area contributed by atoms with Gasteiger partial charge in [-0.25, -0.2) is 0 Å². The zero-order valence-corrected chi connectivity index (χ0v) is 9.95. The van der Waals surface area contributed by atoms with E-state index in [1.807, 2.05) is 0 Å². The van der Waals surface area contributed by atoms with Crippen LogP contribution in [-0.2, 0) is 0 Å². The van der Waals surface area contributed by atoms with Crippen LogP contribution in [0, 0.1) is 5.41 Å². The van der Waals surface area contributed by atoms with Crippen molar-refractivity contribution in [1.82, 2.24) is 4.90 Å². The van der Waals surface area contributed by atoms with E-state index in [-0.39, 0.29) is 18.6 Å². The van der Waals surface area contributed by atoms with Gasteiger partial charge >= 0.3 is 0 Å². The lowest BCUT2D eigenvalue weighted by Gasteiger charge is -2.35. The minimum absolute atomic E-state index is 0.0422. The Balaban J connectivity index is 4.25. The number of aliphatic hydroxyl groups is 2. The summed E-state index contributed by atoms with van der Waals surface area (Å²) in [4.78, 5) is 2.21. The molecule has 0 spiro atoms. The van der Waals surface area contributed by atoms with E-state index in [0.29, 0.717) is 12.6 Å². The maximum atomic E-state index is 9.30. The van der Waals surface area contributed by atoms with Gasteiger partial charge in [0, 0.05) is 31.2 Å². The first-order valence-electron chi connectivity index (χ1n) is 5.45. The smallest absolute Gasteiger partial charge is 0.0558 e. The SMILES string of the molecule is CCC(C)(CO)CN(CCO)C(C)C. The summed E-state index contributed by atoms with van der Waals surface area (Å²) in [6.45, 7) is 10.3. The first-order chi connectivity index (χ1) is 6.49. The highest BCUT2D eigenvalue weighted by Gasteiger charge is 2.25. The molecule has 0 aliphatic heterocycles. The Morgan fingerprint density at radius 1 is 1.29 bits per heavy atom. The highest BCUT2D eigenvalue weighted by atomic mass is 16.3. The lowest BCUT2D eigenvalue weighted by molar-refractivity contribution is 0.0602. The second kappa shape index (κ2) is 6.38. The van der Waals surface area contributed by atoms with Gasteiger partial charge < -0.3 is 10.2 Å². The number of nitrogens with zero attached hydrogens (tertiary/aromatic N) is 1. The average molecular weight is 203 g/mol. The third-order valence-electron chi connectivity index (χ3n) is 2.94. The quantitative estimate of drug-likeness (QED) is 0.651. The molecular weight excluding hydrogens is 178 g/mol. The Bertz CT molecular complexity index is 144. The van der Waals surface area contributed by atoms with Crippen LogP contribution in [0.1, 0.15) is 34.1 Å². The van der Waals surface area contributed by atoms with Crippen molar-refractivity contribution >= 4 is 0 Å². The van der Waals surface area contributed by atoms with Gasteiger partial charge in [0.1, 0.15) is 0 Å². The third kappa shape index (κ3) is 4.40. The van der Waals surface area contributed by atoms with Crippen molar-refractivity contribution in [3.63, 3.8) is 0 Å². The van der Waals surface area contributed by atoms with Gasteiger partial charge in [-0.15, -0.1) is 0 Å². The predicted octanol–water partition coefficient (Wildman–Crippen LogP) is 1.10. The van der Waals surface area contributed by atoms with Crippen molar-refractivity contribution in [3.8, 4) is 0 Å². The number of hydrogen-bond donors (Lipinski definition) is 2. The van der Waals surface area contributed by atoms with Gasteiger partial charge in [0.15, 0.2) is 0 Å². The van der Waals surface area contributed by atoms with Gasteiger partial charge in [0.2, 0.25) is 0 Å². The molecule has 0 aromatic heterocycles. The van der Waals surface area contributed by atoms with Gasteiger partial charge in [0.25, 0.3) is 0 Å². The zero-order chi connectivity index (χ0) is 11.2. The maximum absolute atomic E-state index is 9.30. The molecule has 0 radical (unpaired) electrons. The van der Waals surface area contributed by atoms with Crippen molar-refractivity contribution in [2.75, 3.05) is 26.3 Å². The summed E-state index contributed by atoms with van der Waals surface area (Å²) in [5.74, 6) is 0. The Morgan fingerprint density at radius 3 is 2.14 bits per heavy atom. The fourth-order valence-corrected chi connectivity index (χ4v) is 1.41. The predicted molar refractivity (Wildman–Crippen MR) is 59.3 cm³/mol. The molecule has 0 bridgehead atoms. The highest BCUT2D eigenvalue weighted by Crippen LogP contribution is 2.22. The van der Waals surface area contributed by atoms with Crippen LogP contribution in [-0.4, -0.2) is 47.5 Å². The van der Waals surface area contributed by atoms with E-state index in [0.717, 1.165) is 13.0 Å². The van der Waals surface area contributed by atoms with Crippen LogP contribution in [0.25, 0.3) is 0 Å². The summed E-state index contributed by atoms with van der Waals surface area (Å²) >= 11 is 0. The van der Waals surface area contributed by atoms with Crippen molar-refractivity contribution in [1.29, 1.82) is 0 Å². The Labute approximate surface area is 87.7 Å². The molecule has 0 amide bonds. The molecule has 0 rings (SSSR count). The second-order valence-corrected chi connectivity index (χ2v) is 4.61. The fourth-order valence-electron chi connectivity index (χ4n) is 1.41. The van der Waals surface area contributed by atoms with E-state index in [4.69, 9.17) is 5.11 Å². The number of aliphatic hydroxyl groups excluding tert-OH is 2. The molecular formula is C11H25NO2. The van der Waals surface area contributed by atoms with Gasteiger partial charge in [-0.3, -0.25) is 4.90 Å². The van der Waals surface area contributed by atoms with E-state index in [2.05, 4.69) is 32.6 Å². The van der Waals surface area contributed by atoms with E-state index in [1.165, 1.54) is 0 Å². The van der Waals surface area contributed by atoms with Crippen LogP contribution in [0.3, 0.4) is 0 Å². The molecule has 0 saturated carbocycles. The summed E-state index contributed by atoms with van der Waals surface area (Å²) in [6.07, 6.45) is 0.956. The molecule has 2 N–H and O–H groups in total. The van der Waals surface area contributed by atoms with E-state index >= 15 is 0 Å². The lowest BCUT2D eigenvalue weighted by atomic mass is 9.87. The molecule has 0 aromatic rings. The normalized spacial score (nSPS) is 16.3. The minimum atomic E-state index is -0.0422. The van der Waals surface area contributed by atoms with Crippen LogP contribution < -0.4 is 0 Å². The van der Waals surface area contributed by atoms with Crippen LogP contribution >= 0.6 is 0 Å². The molecule has 1 unspecified atom stereocenters. The number of hydrogen-bond acceptors (Lipinski definition) is 3. The molecule has 0 aliphatic rings. The average Bonchev–Trinajstić information content (AvgIpc) is 2.17.